The van der Waals surface area contributed by atoms with Gasteiger partial charge in [0.15, 0.2) is 0 Å². The molecular weight excluding hydrogens is 761 g/mol. The molecule has 5 atom stereocenters. The van der Waals surface area contributed by atoms with Crippen molar-refractivity contribution in [3.8, 4) is 11.8 Å². The van der Waals surface area contributed by atoms with Crippen molar-refractivity contribution in [3.05, 3.63) is 94.2 Å². The van der Waals surface area contributed by atoms with Crippen molar-refractivity contribution in [1.82, 2.24) is 25.4 Å². The number of hydrogen-bond acceptors (Lipinski definition) is 11. The number of hydrogen-bond donors (Lipinski definition) is 2. The number of piperidine rings is 2. The van der Waals surface area contributed by atoms with E-state index in [1.165, 1.54) is 0 Å². The molecule has 1 aliphatic carbocycles. The standard InChI is InChI=1S/C46H44N8O6/c1-45-32-11-14-48-38-26(23-47)3-9-35(37(32)38)60-44(45)46(2)33-22-28(5-7-30(33)39(56)50-43(45)46)52-15-12-25(13-16-52)24-51-17-19-53(20-18-51)27-4-6-29-31(21-27)42(59)54(41(29)58)34-8-10-36(55)49-40(34)57/h3-7,9,11,14,21-22,25,34,43-44H,8,10,12-13,15-20,24H2,1-2H3,(H,50,56)(H,49,55,57)/t34?,43?,44-,45?,46?/m1/s1. The van der Waals surface area contributed by atoms with Crippen LogP contribution in [-0.4, -0.2) is 108 Å². The van der Waals surface area contributed by atoms with Crippen LogP contribution in [0.4, 0.5) is 11.4 Å². The van der Waals surface area contributed by atoms with E-state index < -0.39 is 40.5 Å². The van der Waals surface area contributed by atoms with E-state index in [1.54, 1.807) is 24.4 Å². The summed E-state index contributed by atoms with van der Waals surface area (Å²) < 4.78 is 6.86. The molecule has 5 amide bonds. The van der Waals surface area contributed by atoms with Gasteiger partial charge in [-0.05, 0) is 105 Å². The van der Waals surface area contributed by atoms with Crippen LogP contribution in [0.3, 0.4) is 0 Å². The highest BCUT2D eigenvalue weighted by Gasteiger charge is 2.73. The molecule has 0 radical (unpaired) electrons. The number of piperazine rings is 1. The lowest BCUT2D eigenvalue weighted by atomic mass is 9.41. The van der Waals surface area contributed by atoms with Crippen LogP contribution in [0.1, 0.15) is 87.3 Å². The molecule has 14 nitrogen and oxygen atoms in total. The van der Waals surface area contributed by atoms with E-state index in [0.29, 0.717) is 33.7 Å². The Morgan fingerprint density at radius 1 is 0.800 bits per heavy atom. The number of benzene rings is 3. The summed E-state index contributed by atoms with van der Waals surface area (Å²) in [6, 6.07) is 18.4. The van der Waals surface area contributed by atoms with E-state index in [4.69, 9.17) is 4.74 Å². The Hall–Kier alpha value is -6.33. The number of nitrogens with one attached hydrogen (secondary N) is 2. The molecule has 3 saturated heterocycles. The Morgan fingerprint density at radius 2 is 1.50 bits per heavy atom. The SMILES string of the molecule is CC12c3cc(N4CCC(CN5CCN(c6ccc7c(c6)C(=O)N(C6CCC(=O)NC6=O)C7=O)CC5)CC4)ccc3C(=O)NC1C1(C)c3ccnc4c(C#N)ccc(c34)O[C@@H]21. The second-order valence-corrected chi connectivity index (χ2v) is 17.9. The van der Waals surface area contributed by atoms with Crippen LogP contribution in [0.5, 0.6) is 5.75 Å². The van der Waals surface area contributed by atoms with E-state index in [-0.39, 0.29) is 30.9 Å². The highest BCUT2D eigenvalue weighted by Crippen LogP contribution is 2.64. The molecule has 7 aliphatic rings. The van der Waals surface area contributed by atoms with Crippen LogP contribution in [-0.2, 0) is 20.4 Å². The fourth-order valence-electron chi connectivity index (χ4n) is 11.8. The Bertz CT molecular complexity index is 2640. The van der Waals surface area contributed by atoms with Gasteiger partial charge in [-0.3, -0.25) is 44.1 Å². The summed E-state index contributed by atoms with van der Waals surface area (Å²) in [7, 11) is 0. The number of ether oxygens (including phenoxy) is 1. The molecule has 4 aromatic rings. The first-order valence-electron chi connectivity index (χ1n) is 21.0. The molecule has 4 unspecified atom stereocenters. The minimum absolute atomic E-state index is 0.0736. The predicted octanol–water partition coefficient (Wildman–Crippen LogP) is 3.65. The largest absolute Gasteiger partial charge is 0.488 e. The molecule has 1 aromatic heterocycles. The fourth-order valence-corrected chi connectivity index (χ4v) is 11.8. The van der Waals surface area contributed by atoms with Crippen molar-refractivity contribution in [2.75, 3.05) is 55.6 Å². The van der Waals surface area contributed by atoms with Crippen LogP contribution in [0, 0.1) is 17.2 Å². The zero-order valence-corrected chi connectivity index (χ0v) is 33.5. The first-order valence-corrected chi connectivity index (χ1v) is 21.0. The number of nitrogens with zero attached hydrogens (tertiary/aromatic N) is 6. The molecule has 4 fully saturated rings. The van der Waals surface area contributed by atoms with Gasteiger partial charge in [-0.25, -0.2) is 0 Å². The number of carbonyl (C=O) groups excluding carboxylic acids is 5. The van der Waals surface area contributed by atoms with Gasteiger partial charge in [-0.15, -0.1) is 0 Å². The van der Waals surface area contributed by atoms with E-state index in [1.807, 2.05) is 24.3 Å². The maximum Gasteiger partial charge on any atom is 0.262 e. The highest BCUT2D eigenvalue weighted by molar-refractivity contribution is 6.23. The van der Waals surface area contributed by atoms with Crippen molar-refractivity contribution in [3.63, 3.8) is 0 Å². The molecule has 0 bridgehead atoms. The van der Waals surface area contributed by atoms with Crippen molar-refractivity contribution in [2.24, 2.45) is 5.92 Å². The predicted molar refractivity (Wildman–Crippen MR) is 220 cm³/mol. The Morgan fingerprint density at radius 3 is 2.25 bits per heavy atom. The van der Waals surface area contributed by atoms with Gasteiger partial charge in [0, 0.05) is 80.8 Å². The van der Waals surface area contributed by atoms with Gasteiger partial charge in [0.2, 0.25) is 11.8 Å². The van der Waals surface area contributed by atoms with Gasteiger partial charge >= 0.3 is 0 Å². The van der Waals surface area contributed by atoms with E-state index in [0.717, 1.165) is 97.2 Å². The summed E-state index contributed by atoms with van der Waals surface area (Å²) in [6.07, 6.45) is 3.88. The second-order valence-electron chi connectivity index (χ2n) is 17.9. The van der Waals surface area contributed by atoms with Crippen LogP contribution in [0.15, 0.2) is 60.8 Å². The summed E-state index contributed by atoms with van der Waals surface area (Å²) in [5.74, 6) is -0.771. The lowest BCUT2D eigenvalue weighted by molar-refractivity contribution is -0.136. The summed E-state index contributed by atoms with van der Waals surface area (Å²) in [5, 5.41) is 16.3. The summed E-state index contributed by atoms with van der Waals surface area (Å²) in [6.45, 7) is 10.6. The molecule has 60 heavy (non-hydrogen) atoms. The minimum Gasteiger partial charge on any atom is -0.488 e. The van der Waals surface area contributed by atoms with E-state index >= 15 is 0 Å². The monoisotopic (exact) mass is 804 g/mol. The van der Waals surface area contributed by atoms with Gasteiger partial charge in [0.25, 0.3) is 17.7 Å². The van der Waals surface area contributed by atoms with E-state index in [2.05, 4.69) is 62.4 Å². The molecule has 11 rings (SSSR count). The van der Waals surface area contributed by atoms with Gasteiger partial charge in [0.05, 0.1) is 39.1 Å². The van der Waals surface area contributed by atoms with Crippen molar-refractivity contribution >= 4 is 51.8 Å². The van der Waals surface area contributed by atoms with Crippen molar-refractivity contribution in [1.29, 1.82) is 5.26 Å². The maximum atomic E-state index is 13.7. The third-order valence-corrected chi connectivity index (χ3v) is 14.8. The lowest BCUT2D eigenvalue weighted by Crippen LogP contribution is -2.83. The number of rotatable bonds is 5. The number of amides is 5. The lowest BCUT2D eigenvalue weighted by Gasteiger charge is -2.68. The fraction of sp³-hybridized carbons (Fsp3) is 0.413. The van der Waals surface area contributed by atoms with Crippen molar-refractivity contribution < 1.29 is 28.7 Å². The first kappa shape index (κ1) is 36.7. The molecule has 3 aromatic carbocycles. The molecule has 2 N–H and O–H groups in total. The molecule has 1 saturated carbocycles. The Kier molecular flexibility index (Phi) is 8.01. The van der Waals surface area contributed by atoms with Crippen molar-refractivity contribution in [2.45, 2.75) is 68.5 Å². The molecule has 14 heteroatoms. The number of aromatic nitrogens is 1. The quantitative estimate of drug-likeness (QED) is 0.283. The summed E-state index contributed by atoms with van der Waals surface area (Å²) >= 11 is 0. The van der Waals surface area contributed by atoms with Crippen LogP contribution < -0.4 is 25.2 Å². The average molecular weight is 805 g/mol. The highest BCUT2D eigenvalue weighted by atomic mass is 16.5. The Balaban J connectivity index is 0.736. The van der Waals surface area contributed by atoms with Gasteiger partial charge in [-0.2, -0.15) is 5.26 Å². The van der Waals surface area contributed by atoms with Gasteiger partial charge in [-0.1, -0.05) is 0 Å². The average Bonchev–Trinajstić information content (AvgIpc) is 3.51. The normalized spacial score (nSPS) is 28.5. The maximum absolute atomic E-state index is 13.7. The topological polar surface area (TPSA) is 168 Å². The molecular formula is C46H44N8O6. The first-order chi connectivity index (χ1) is 29.0. The van der Waals surface area contributed by atoms with Crippen LogP contribution >= 0.6 is 0 Å². The smallest absolute Gasteiger partial charge is 0.262 e. The van der Waals surface area contributed by atoms with Gasteiger partial charge in [0.1, 0.15) is 24.0 Å². The third-order valence-electron chi connectivity index (χ3n) is 14.8. The number of imide groups is 2. The summed E-state index contributed by atoms with van der Waals surface area (Å²) in [4.78, 5) is 77.2. The summed E-state index contributed by atoms with van der Waals surface area (Å²) in [5.41, 5.74) is 5.52. The van der Waals surface area contributed by atoms with Crippen LogP contribution in [0.2, 0.25) is 0 Å². The minimum atomic E-state index is -0.979. The molecule has 6 aliphatic heterocycles. The number of pyridine rings is 1. The number of anilines is 2. The zero-order valence-electron chi connectivity index (χ0n) is 33.5. The van der Waals surface area contributed by atoms with E-state index in [9.17, 15) is 29.2 Å². The number of carbonyl (C=O) groups is 5. The van der Waals surface area contributed by atoms with Gasteiger partial charge < -0.3 is 19.9 Å². The Labute approximate surface area is 346 Å². The zero-order chi connectivity index (χ0) is 41.2. The molecule has 7 heterocycles. The molecule has 304 valence electrons. The molecule has 0 spiro atoms. The van der Waals surface area contributed by atoms with Crippen LogP contribution in [0.25, 0.3) is 10.9 Å². The third kappa shape index (κ3) is 5.08. The number of nitriles is 1. The number of fused-ring (bicyclic) bond motifs is 8. The second kappa shape index (κ2) is 13.1.